The molecule has 2 amide bonds. The Morgan fingerprint density at radius 1 is 0.663 bits per heavy atom. The van der Waals surface area contributed by atoms with Crippen LogP contribution in [0.3, 0.4) is 0 Å². The van der Waals surface area contributed by atoms with Crippen LogP contribution in [0.25, 0.3) is 21.8 Å². The number of carbonyl (C=O) groups excluding carboxylic acids is 6. The zero-order valence-corrected chi connectivity index (χ0v) is 48.3. The number of aliphatic imine (C=N–C) groups is 2. The highest BCUT2D eigenvalue weighted by atomic mass is 16.5. The number of likely N-dealkylation sites (tertiary alicyclic amines) is 1. The van der Waals surface area contributed by atoms with Crippen LogP contribution in [0, 0.1) is 13.8 Å². The third-order valence-corrected chi connectivity index (χ3v) is 14.4. The summed E-state index contributed by atoms with van der Waals surface area (Å²) in [5.74, 6) is -2.75. The van der Waals surface area contributed by atoms with Crippen LogP contribution >= 0.6 is 0 Å². The van der Waals surface area contributed by atoms with E-state index < -0.39 is 23.8 Å². The van der Waals surface area contributed by atoms with Crippen molar-refractivity contribution in [1.29, 1.82) is 0 Å². The number of aromatic hydroxyl groups is 2. The third kappa shape index (κ3) is 14.8. The number of benzene rings is 6. The van der Waals surface area contributed by atoms with Crippen LogP contribution in [0.15, 0.2) is 143 Å². The van der Waals surface area contributed by atoms with Crippen LogP contribution in [-0.4, -0.2) is 161 Å². The van der Waals surface area contributed by atoms with E-state index in [2.05, 4.69) is 25.4 Å². The van der Waals surface area contributed by atoms with Gasteiger partial charge in [0.05, 0.1) is 83.4 Å². The number of fused-ring (bicyclic) bond motifs is 2. The van der Waals surface area contributed by atoms with E-state index in [0.717, 1.165) is 42.7 Å². The minimum absolute atomic E-state index is 0.0737. The molecule has 21 nitrogen and oxygen atoms in total. The first-order valence-electron chi connectivity index (χ1n) is 27.7. The summed E-state index contributed by atoms with van der Waals surface area (Å²) in [6.45, 7) is 10.9. The normalized spacial score (nSPS) is 13.9. The van der Waals surface area contributed by atoms with Crippen molar-refractivity contribution in [3.05, 3.63) is 189 Å². The van der Waals surface area contributed by atoms with Gasteiger partial charge in [-0.05, 0) is 111 Å². The quantitative estimate of drug-likeness (QED) is 0.0379. The summed E-state index contributed by atoms with van der Waals surface area (Å²) in [5.41, 5.74) is 13.1. The average molecular weight is 1170 g/mol. The van der Waals surface area contributed by atoms with Crippen molar-refractivity contribution in [2.75, 3.05) is 73.1 Å². The highest BCUT2D eigenvalue weighted by Gasteiger charge is 2.27. The minimum atomic E-state index is -1.05. The van der Waals surface area contributed by atoms with Crippen molar-refractivity contribution in [3.8, 4) is 11.8 Å². The molecule has 2 aliphatic heterocycles. The van der Waals surface area contributed by atoms with E-state index in [1.54, 1.807) is 55.5 Å². The number of methoxy groups -OCH3 is 2. The van der Waals surface area contributed by atoms with E-state index in [0.29, 0.717) is 123 Å². The number of aryl methyl sites for hydroxylation is 2. The van der Waals surface area contributed by atoms with Crippen molar-refractivity contribution < 1.29 is 58.4 Å². The summed E-state index contributed by atoms with van der Waals surface area (Å²) in [6, 6.07) is 38.3. The van der Waals surface area contributed by atoms with Gasteiger partial charge >= 0.3 is 17.9 Å². The molecule has 2 aliphatic rings. The number of ether oxygens (including phenoxy) is 2. The number of Topliss-reactive ketones (excluding diaryl/α,β-unsaturated/α-hetero) is 1. The molecule has 0 radical (unpaired) electrons. The molecule has 86 heavy (non-hydrogen) atoms. The number of rotatable bonds is 15. The fourth-order valence-corrected chi connectivity index (χ4v) is 10.2. The van der Waals surface area contributed by atoms with Gasteiger partial charge in [0, 0.05) is 85.6 Å². The van der Waals surface area contributed by atoms with Crippen molar-refractivity contribution in [1.82, 2.24) is 30.0 Å². The number of nitrogens with one attached hydrogen (secondary N) is 3. The van der Waals surface area contributed by atoms with Gasteiger partial charge < -0.3 is 46.1 Å². The Morgan fingerprint density at radius 3 is 1.74 bits per heavy atom. The molecule has 21 heteroatoms. The predicted molar refractivity (Wildman–Crippen MR) is 327 cm³/mol. The lowest BCUT2D eigenvalue weighted by molar-refractivity contribution is -0.124. The predicted octanol–water partition coefficient (Wildman–Crippen LogP) is 7.88. The number of nitrogens with zero attached hydrogens (tertiary/aromatic N) is 5. The highest BCUT2D eigenvalue weighted by molar-refractivity contribution is 6.24. The van der Waals surface area contributed by atoms with E-state index in [4.69, 9.17) is 25.2 Å². The summed E-state index contributed by atoms with van der Waals surface area (Å²) >= 11 is 0. The minimum Gasteiger partial charge on any atom is -0.494 e. The smallest absolute Gasteiger partial charge is 0.338 e. The second-order valence-electron chi connectivity index (χ2n) is 20.4. The summed E-state index contributed by atoms with van der Waals surface area (Å²) in [6.07, 6.45) is 1.50. The number of aromatic nitrogens is 2. The molecule has 444 valence electrons. The number of aromatic carboxylic acids is 1. The van der Waals surface area contributed by atoms with Crippen molar-refractivity contribution in [2.45, 2.75) is 33.6 Å². The summed E-state index contributed by atoms with van der Waals surface area (Å²) in [4.78, 5) is 100. The van der Waals surface area contributed by atoms with Crippen LogP contribution < -0.4 is 16.4 Å². The number of carbonyl (C=O) groups is 7. The largest absolute Gasteiger partial charge is 0.494 e. The van der Waals surface area contributed by atoms with E-state index in [-0.39, 0.29) is 40.5 Å². The number of ketones is 1. The molecule has 10 rings (SSSR count). The topological polar surface area (TPSA) is 301 Å². The van der Waals surface area contributed by atoms with Crippen LogP contribution in [-0.2, 0) is 19.1 Å². The van der Waals surface area contributed by atoms with Gasteiger partial charge in [-0.1, -0.05) is 60.7 Å². The fraction of sp³-hybridized carbons (Fsp3) is 0.246. The molecule has 0 aliphatic carbocycles. The highest BCUT2D eigenvalue weighted by Crippen LogP contribution is 2.37. The molecule has 8 aromatic rings. The van der Waals surface area contributed by atoms with E-state index in [1.807, 2.05) is 73.7 Å². The molecule has 2 saturated heterocycles. The van der Waals surface area contributed by atoms with E-state index in [9.17, 15) is 48.9 Å². The zero-order chi connectivity index (χ0) is 61.6. The molecular weight excluding hydrogens is 1100 g/mol. The second kappa shape index (κ2) is 28.5. The lowest BCUT2D eigenvalue weighted by atomic mass is 9.98. The molecular formula is C65H67N9O12. The molecule has 0 unspecified atom stereocenters. The molecule has 0 spiro atoms. The fourth-order valence-electron chi connectivity index (χ4n) is 10.2. The number of H-pyrrole nitrogens is 1. The van der Waals surface area contributed by atoms with Gasteiger partial charge in [0.15, 0.2) is 5.88 Å². The molecule has 2 fully saturated rings. The zero-order valence-electron chi connectivity index (χ0n) is 48.3. The Hall–Kier alpha value is -10.1. The maximum absolute atomic E-state index is 12.7. The molecule has 2 aromatic heterocycles. The number of carboxylic acid groups (broad SMARTS) is 1. The van der Waals surface area contributed by atoms with Gasteiger partial charge in [-0.2, -0.15) is 0 Å². The number of nitrogens with two attached hydrogens (primary N) is 1. The van der Waals surface area contributed by atoms with Gasteiger partial charge in [-0.3, -0.25) is 33.5 Å². The number of piperidine rings is 1. The monoisotopic (exact) mass is 1170 g/mol. The first-order valence-corrected chi connectivity index (χ1v) is 27.7. The van der Waals surface area contributed by atoms with Crippen molar-refractivity contribution >= 4 is 86.0 Å². The maximum Gasteiger partial charge on any atom is 0.338 e. The van der Waals surface area contributed by atoms with E-state index >= 15 is 0 Å². The summed E-state index contributed by atoms with van der Waals surface area (Å²) < 4.78 is 10.9. The lowest BCUT2D eigenvalue weighted by Crippen LogP contribution is -2.48. The Kier molecular flexibility index (Phi) is 20.5. The average Bonchev–Trinajstić information content (AvgIpc) is 1.72. The Morgan fingerprint density at radius 2 is 1.21 bits per heavy atom. The Labute approximate surface area is 495 Å². The van der Waals surface area contributed by atoms with Crippen LogP contribution in [0.5, 0.6) is 11.8 Å². The number of aromatic amines is 1. The molecule has 8 N–H and O–H groups in total. The van der Waals surface area contributed by atoms with Crippen LogP contribution in [0.4, 0.5) is 11.4 Å². The number of hydrogen-bond acceptors (Lipinski definition) is 16. The first kappa shape index (κ1) is 62.0. The SMILES string of the molecule is COC(=O)c1cc2[nH]c(O)c(C(=Nc3ccc(C(=O)NCCN4CCCC(=O)C4)cc3)c3ccccc3)c2cc1C.COC(=O)c1cc2c(cc1C)c(C(=Nc1ccc(C(=O)O)cc1)c1ccccc1)c(O)n2C(C)=O.NCCN1CCNC(=O)C1. The van der Waals surface area contributed by atoms with Gasteiger partial charge in [-0.15, -0.1) is 0 Å². The number of carboxylic acids is 1. The number of amides is 2. The Balaban J connectivity index is 0.000000194. The molecule has 4 heterocycles. The van der Waals surface area contributed by atoms with Gasteiger partial charge in [-0.25, -0.2) is 24.4 Å². The number of piperazine rings is 1. The summed E-state index contributed by atoms with van der Waals surface area (Å²) in [7, 11) is 2.60. The molecule has 0 saturated carbocycles. The molecule has 0 atom stereocenters. The van der Waals surface area contributed by atoms with Gasteiger partial charge in [0.25, 0.3) is 5.91 Å². The second-order valence-corrected chi connectivity index (χ2v) is 20.4. The number of esters is 2. The maximum atomic E-state index is 12.7. The molecule has 0 bridgehead atoms. The van der Waals surface area contributed by atoms with Crippen molar-refractivity contribution in [2.24, 2.45) is 15.7 Å². The van der Waals surface area contributed by atoms with Gasteiger partial charge in [0.1, 0.15) is 5.78 Å². The van der Waals surface area contributed by atoms with Crippen LogP contribution in [0.1, 0.15) is 99.4 Å². The Bertz CT molecular complexity index is 3890. The standard InChI is InChI=1S/C32H32N4O5.C27H22N2O6.C6H13N3O/c1-20-17-26-27(18-25(20)32(40)41-2)35-31(39)28(26)29(21-7-4-3-5-8-21)34-23-12-10-22(11-13-23)30(38)33-14-16-36-15-6-9-24(37)19-36;1-15-13-21-22(14-20(15)27(34)35-3)29(16(2)30)25(31)23(21)24(17-7-5-4-6-8-17)28-19-11-9-18(10-12-19)26(32)33;7-1-3-9-4-2-8-6(10)5-9/h3-5,7-8,10-13,17-18,35,39H,6,9,14-16,19H2,1-2H3,(H,33,38);4-14,31H,1-3H3,(H,32,33);1-5,7H2,(H,8,10). The van der Waals surface area contributed by atoms with E-state index in [1.165, 1.54) is 39.3 Å². The van der Waals surface area contributed by atoms with Crippen LogP contribution in [0.2, 0.25) is 0 Å². The van der Waals surface area contributed by atoms with Gasteiger partial charge in [0.2, 0.25) is 17.7 Å². The lowest BCUT2D eigenvalue weighted by Gasteiger charge is -2.25. The molecule has 6 aromatic carbocycles. The van der Waals surface area contributed by atoms with Crippen molar-refractivity contribution in [3.63, 3.8) is 0 Å². The number of hydrogen-bond donors (Lipinski definition) is 7. The first-order chi connectivity index (χ1) is 41.4. The third-order valence-electron chi connectivity index (χ3n) is 14.4. The summed E-state index contributed by atoms with van der Waals surface area (Å²) in [5, 5.41) is 38.3.